The van der Waals surface area contributed by atoms with Crippen molar-refractivity contribution in [3.63, 3.8) is 0 Å². The second-order valence-corrected chi connectivity index (χ2v) is 3.95. The minimum Gasteiger partial charge on any atom is -0.478 e. The van der Waals surface area contributed by atoms with Crippen LogP contribution in [-0.4, -0.2) is 42.0 Å². The van der Waals surface area contributed by atoms with Gasteiger partial charge in [-0.05, 0) is 13.8 Å². The molecule has 0 saturated heterocycles. The van der Waals surface area contributed by atoms with Crippen LogP contribution < -0.4 is 9.64 Å². The van der Waals surface area contributed by atoms with E-state index in [4.69, 9.17) is 16.3 Å². The van der Waals surface area contributed by atoms with Crippen LogP contribution in [0, 0.1) is 6.92 Å². The first-order valence-electron chi connectivity index (χ1n) is 5.64. The van der Waals surface area contributed by atoms with Gasteiger partial charge in [0.15, 0.2) is 0 Å². The molecular formula is C11H16ClF2N3O. The van der Waals surface area contributed by atoms with Gasteiger partial charge in [0.1, 0.15) is 11.6 Å². The Bertz CT molecular complexity index is 379. The fourth-order valence-corrected chi connectivity index (χ4v) is 1.68. The number of aryl methyl sites for hydroxylation is 1. The molecule has 18 heavy (non-hydrogen) atoms. The molecule has 1 rings (SSSR count). The molecule has 0 N–H and O–H groups in total. The number of ether oxygens (including phenoxy) is 1. The quantitative estimate of drug-likeness (QED) is 0.719. The molecular weight excluding hydrogens is 264 g/mol. The number of nitrogens with zero attached hydrogens (tertiary/aromatic N) is 3. The van der Waals surface area contributed by atoms with E-state index >= 15 is 0 Å². The zero-order chi connectivity index (χ0) is 13.5. The molecule has 4 nitrogen and oxygen atoms in total. The highest BCUT2D eigenvalue weighted by Crippen LogP contribution is 2.18. The summed E-state index contributed by atoms with van der Waals surface area (Å²) in [6, 6.07) is 1.55. The van der Waals surface area contributed by atoms with E-state index < -0.39 is 13.0 Å². The molecule has 102 valence electrons. The topological polar surface area (TPSA) is 38.2 Å². The standard InChI is InChI=1S/C11H16ClF2N3O/c1-3-18-11-6-10(15-8(2)16-11)17(5-4-12)7-9(13)14/h6,9H,3-5,7H2,1-2H3. The van der Waals surface area contributed by atoms with Gasteiger partial charge in [0.05, 0.1) is 13.2 Å². The van der Waals surface area contributed by atoms with Gasteiger partial charge >= 0.3 is 0 Å². The molecule has 0 bridgehead atoms. The SMILES string of the molecule is CCOc1cc(N(CCCl)CC(F)F)nc(C)n1. The molecule has 0 spiro atoms. The van der Waals surface area contributed by atoms with E-state index in [0.29, 0.717) is 30.7 Å². The first-order chi connectivity index (χ1) is 8.56. The van der Waals surface area contributed by atoms with E-state index in [9.17, 15) is 8.78 Å². The Hall–Kier alpha value is -1.17. The van der Waals surface area contributed by atoms with Crippen LogP contribution in [0.5, 0.6) is 5.88 Å². The second-order valence-electron chi connectivity index (χ2n) is 3.57. The van der Waals surface area contributed by atoms with Gasteiger partial charge in [0, 0.05) is 18.5 Å². The summed E-state index contributed by atoms with van der Waals surface area (Å²) in [6.45, 7) is 3.86. The fraction of sp³-hybridized carbons (Fsp3) is 0.636. The maximum absolute atomic E-state index is 12.5. The molecule has 0 atom stereocenters. The Morgan fingerprint density at radius 1 is 1.44 bits per heavy atom. The van der Waals surface area contributed by atoms with Gasteiger partial charge in [-0.2, -0.15) is 4.98 Å². The lowest BCUT2D eigenvalue weighted by molar-refractivity contribution is 0.155. The normalized spacial score (nSPS) is 10.8. The molecule has 0 amide bonds. The lowest BCUT2D eigenvalue weighted by atomic mass is 10.4. The minimum atomic E-state index is -2.45. The van der Waals surface area contributed by atoms with Crippen molar-refractivity contribution < 1.29 is 13.5 Å². The first-order valence-corrected chi connectivity index (χ1v) is 6.17. The van der Waals surface area contributed by atoms with Crippen LogP contribution in [0.2, 0.25) is 0 Å². The Balaban J connectivity index is 2.95. The van der Waals surface area contributed by atoms with E-state index in [-0.39, 0.29) is 5.88 Å². The van der Waals surface area contributed by atoms with Gasteiger partial charge in [-0.1, -0.05) is 0 Å². The number of aromatic nitrogens is 2. The summed E-state index contributed by atoms with van der Waals surface area (Å²) >= 11 is 5.61. The molecule has 0 aliphatic heterocycles. The Kier molecular flexibility index (Phi) is 6.04. The number of hydrogen-bond acceptors (Lipinski definition) is 4. The van der Waals surface area contributed by atoms with E-state index in [1.807, 2.05) is 6.92 Å². The van der Waals surface area contributed by atoms with Crippen molar-refractivity contribution in [3.8, 4) is 5.88 Å². The zero-order valence-electron chi connectivity index (χ0n) is 10.4. The smallest absolute Gasteiger partial charge is 0.255 e. The molecule has 0 saturated carbocycles. The van der Waals surface area contributed by atoms with Crippen LogP contribution >= 0.6 is 11.6 Å². The van der Waals surface area contributed by atoms with E-state index in [1.165, 1.54) is 4.90 Å². The summed E-state index contributed by atoms with van der Waals surface area (Å²) < 4.78 is 30.2. The van der Waals surface area contributed by atoms with Crippen LogP contribution in [0.1, 0.15) is 12.7 Å². The van der Waals surface area contributed by atoms with Gasteiger partial charge < -0.3 is 9.64 Å². The Labute approximate surface area is 110 Å². The predicted octanol–water partition coefficient (Wildman–Crippen LogP) is 2.49. The average Bonchev–Trinajstić information content (AvgIpc) is 2.27. The van der Waals surface area contributed by atoms with Gasteiger partial charge in [-0.25, -0.2) is 13.8 Å². The number of halogens is 3. The first kappa shape index (κ1) is 14.9. The monoisotopic (exact) mass is 279 g/mol. The van der Waals surface area contributed by atoms with Crippen molar-refractivity contribution in [2.75, 3.05) is 30.5 Å². The molecule has 1 aromatic rings. The van der Waals surface area contributed by atoms with Gasteiger partial charge in [-0.3, -0.25) is 0 Å². The van der Waals surface area contributed by atoms with E-state index in [2.05, 4.69) is 9.97 Å². The maximum atomic E-state index is 12.5. The molecule has 0 aliphatic carbocycles. The fourth-order valence-electron chi connectivity index (χ4n) is 1.48. The number of anilines is 1. The molecule has 0 fully saturated rings. The van der Waals surface area contributed by atoms with Crippen LogP contribution in [0.3, 0.4) is 0 Å². The lowest BCUT2D eigenvalue weighted by Gasteiger charge is -2.22. The second kappa shape index (κ2) is 7.31. The summed E-state index contributed by atoms with van der Waals surface area (Å²) in [6.07, 6.45) is -2.45. The summed E-state index contributed by atoms with van der Waals surface area (Å²) in [4.78, 5) is 9.62. The molecule has 1 aromatic heterocycles. The maximum Gasteiger partial charge on any atom is 0.255 e. The van der Waals surface area contributed by atoms with Crippen molar-refractivity contribution >= 4 is 17.4 Å². The molecule has 0 radical (unpaired) electrons. The van der Waals surface area contributed by atoms with Gasteiger partial charge in [-0.15, -0.1) is 11.6 Å². The van der Waals surface area contributed by atoms with E-state index in [0.717, 1.165) is 0 Å². The van der Waals surface area contributed by atoms with Crippen molar-refractivity contribution in [3.05, 3.63) is 11.9 Å². The van der Waals surface area contributed by atoms with Crippen molar-refractivity contribution in [1.82, 2.24) is 9.97 Å². The minimum absolute atomic E-state index is 0.250. The third-order valence-electron chi connectivity index (χ3n) is 2.13. The highest BCUT2D eigenvalue weighted by Gasteiger charge is 2.15. The average molecular weight is 280 g/mol. The van der Waals surface area contributed by atoms with Crippen molar-refractivity contribution in [2.24, 2.45) is 0 Å². The number of alkyl halides is 3. The molecule has 1 heterocycles. The van der Waals surface area contributed by atoms with Gasteiger partial charge in [0.25, 0.3) is 6.43 Å². The van der Waals surface area contributed by atoms with E-state index in [1.54, 1.807) is 13.0 Å². The highest BCUT2D eigenvalue weighted by atomic mass is 35.5. The van der Waals surface area contributed by atoms with Crippen LogP contribution in [0.4, 0.5) is 14.6 Å². The van der Waals surface area contributed by atoms with Crippen molar-refractivity contribution in [1.29, 1.82) is 0 Å². The Morgan fingerprint density at radius 3 is 2.72 bits per heavy atom. The number of hydrogen-bond donors (Lipinski definition) is 0. The third kappa shape index (κ3) is 4.60. The highest BCUT2D eigenvalue weighted by molar-refractivity contribution is 6.18. The third-order valence-corrected chi connectivity index (χ3v) is 2.30. The summed E-state index contributed by atoms with van der Waals surface area (Å²) in [7, 11) is 0. The van der Waals surface area contributed by atoms with Gasteiger partial charge in [0.2, 0.25) is 5.88 Å². The van der Waals surface area contributed by atoms with Crippen LogP contribution in [0.15, 0.2) is 6.07 Å². The van der Waals surface area contributed by atoms with Crippen LogP contribution in [-0.2, 0) is 0 Å². The molecule has 0 aromatic carbocycles. The Morgan fingerprint density at radius 2 is 2.17 bits per heavy atom. The lowest BCUT2D eigenvalue weighted by Crippen LogP contribution is -2.31. The molecule has 0 unspecified atom stereocenters. The molecule has 7 heteroatoms. The number of rotatable bonds is 7. The summed E-state index contributed by atoms with van der Waals surface area (Å²) in [5, 5.41) is 0. The predicted molar refractivity (Wildman–Crippen MR) is 66.9 cm³/mol. The summed E-state index contributed by atoms with van der Waals surface area (Å²) in [5.41, 5.74) is 0. The van der Waals surface area contributed by atoms with Crippen LogP contribution in [0.25, 0.3) is 0 Å². The largest absolute Gasteiger partial charge is 0.478 e. The zero-order valence-corrected chi connectivity index (χ0v) is 11.1. The summed E-state index contributed by atoms with van der Waals surface area (Å²) in [5.74, 6) is 1.52. The van der Waals surface area contributed by atoms with Crippen molar-refractivity contribution in [2.45, 2.75) is 20.3 Å². The molecule has 0 aliphatic rings.